The number of carboxylic acids is 2. The monoisotopic (exact) mass is 204 g/mol. The summed E-state index contributed by atoms with van der Waals surface area (Å²) in [6.07, 6.45) is 1.10. The summed E-state index contributed by atoms with van der Waals surface area (Å²) in [5.41, 5.74) is 0. The first-order valence-corrected chi connectivity index (χ1v) is 3.16. The molecule has 0 aromatic heterocycles. The highest BCUT2D eigenvalue weighted by Crippen LogP contribution is 1.70. The van der Waals surface area contributed by atoms with Crippen LogP contribution in [0.1, 0.15) is 6.92 Å². The molecule has 0 aliphatic heterocycles. The van der Waals surface area contributed by atoms with Crippen LogP contribution in [0.4, 0.5) is 0 Å². The van der Waals surface area contributed by atoms with Gasteiger partial charge in [-0.25, -0.2) is 9.59 Å². The van der Waals surface area contributed by atoms with Crippen molar-refractivity contribution in [3.8, 4) is 0 Å². The predicted molar refractivity (Wildman–Crippen MR) is 48.5 cm³/mol. The van der Waals surface area contributed by atoms with Crippen molar-refractivity contribution < 1.29 is 29.3 Å². The highest BCUT2D eigenvalue weighted by molar-refractivity contribution is 6.27. The minimum absolute atomic E-state index is 0.329. The van der Waals surface area contributed by atoms with Gasteiger partial charge in [0.15, 0.2) is 0 Å². The molecule has 2 N–H and O–H groups in total. The molecule has 6 heteroatoms. The Balaban J connectivity index is -0.000000147. The Hall–Kier alpha value is -2.11. The van der Waals surface area contributed by atoms with Gasteiger partial charge in [0, 0.05) is 6.92 Å². The molecule has 0 aromatic carbocycles. The van der Waals surface area contributed by atoms with Crippen LogP contribution in [0.15, 0.2) is 26.0 Å². The average molecular weight is 204 g/mol. The number of carboxylic acid groups (broad SMARTS) is 2. The maximum atomic E-state index is 9.75. The number of hydrogen-bond acceptors (Lipinski definition) is 4. The summed E-state index contributed by atoms with van der Waals surface area (Å²) in [7, 11) is 0. The quantitative estimate of drug-likeness (QED) is 0.281. The van der Waals surface area contributed by atoms with Crippen LogP contribution in [0.5, 0.6) is 0 Å². The van der Waals surface area contributed by atoms with Crippen LogP contribution >= 0.6 is 0 Å². The SMILES string of the molecule is C=C.C=COC(C)=O.O=C(O)C(=O)O. The maximum Gasteiger partial charge on any atom is 0.414 e. The third-order valence-electron chi connectivity index (χ3n) is 0.432. The summed E-state index contributed by atoms with van der Waals surface area (Å²) < 4.78 is 4.17. The third-order valence-corrected chi connectivity index (χ3v) is 0.432. The van der Waals surface area contributed by atoms with E-state index in [9.17, 15) is 4.79 Å². The first-order chi connectivity index (χ1) is 6.41. The van der Waals surface area contributed by atoms with E-state index in [0.717, 1.165) is 6.26 Å². The Labute approximate surface area is 81.1 Å². The fourth-order valence-corrected chi connectivity index (χ4v) is 0.117. The molecule has 0 unspecified atom stereocenters. The van der Waals surface area contributed by atoms with Gasteiger partial charge in [-0.15, -0.1) is 13.2 Å². The summed E-state index contributed by atoms with van der Waals surface area (Å²) in [5.74, 6) is -3.98. The lowest BCUT2D eigenvalue weighted by Gasteiger charge is -1.83. The molecular weight excluding hydrogens is 192 g/mol. The Morgan fingerprint density at radius 2 is 1.43 bits per heavy atom. The molecule has 6 nitrogen and oxygen atoms in total. The van der Waals surface area contributed by atoms with Crippen LogP contribution in [0.25, 0.3) is 0 Å². The summed E-state index contributed by atoms with van der Waals surface area (Å²) >= 11 is 0. The number of carbonyl (C=O) groups excluding carboxylic acids is 1. The number of aliphatic carboxylic acids is 2. The van der Waals surface area contributed by atoms with Crippen LogP contribution in [-0.4, -0.2) is 28.1 Å². The van der Waals surface area contributed by atoms with Gasteiger partial charge in [-0.2, -0.15) is 0 Å². The topological polar surface area (TPSA) is 101 Å². The highest BCUT2D eigenvalue weighted by atomic mass is 16.5. The van der Waals surface area contributed by atoms with Crippen LogP contribution in [-0.2, 0) is 19.1 Å². The maximum absolute atomic E-state index is 9.75. The fraction of sp³-hybridized carbons (Fsp3) is 0.125. The number of rotatable bonds is 1. The van der Waals surface area contributed by atoms with E-state index in [1.54, 1.807) is 0 Å². The van der Waals surface area contributed by atoms with Crippen molar-refractivity contribution in [2.45, 2.75) is 6.92 Å². The van der Waals surface area contributed by atoms with Crippen molar-refractivity contribution in [1.82, 2.24) is 0 Å². The molecule has 0 aliphatic rings. The molecular formula is C8H12O6. The Bertz CT molecular complexity index is 196. The van der Waals surface area contributed by atoms with E-state index in [1.165, 1.54) is 6.92 Å². The standard InChI is InChI=1S/C4H6O2.C2H2O4.C2H4/c1-3-6-4(2)5;3-1(4)2(5)6;1-2/h3H,1H2,2H3;(H,3,4)(H,5,6);1-2H2. The fourth-order valence-electron chi connectivity index (χ4n) is 0.117. The van der Waals surface area contributed by atoms with Gasteiger partial charge >= 0.3 is 17.9 Å². The molecule has 0 aliphatic carbocycles. The minimum atomic E-state index is -1.82. The molecule has 0 spiro atoms. The molecule has 0 saturated heterocycles. The van der Waals surface area contributed by atoms with E-state index in [4.69, 9.17) is 19.8 Å². The lowest BCUT2D eigenvalue weighted by atomic mass is 10.7. The third kappa shape index (κ3) is 32.7. The van der Waals surface area contributed by atoms with Gasteiger partial charge in [0.05, 0.1) is 6.26 Å². The molecule has 0 aromatic rings. The van der Waals surface area contributed by atoms with E-state index in [2.05, 4.69) is 24.5 Å². The van der Waals surface area contributed by atoms with E-state index in [1.807, 2.05) is 0 Å². The molecule has 0 bridgehead atoms. The average Bonchev–Trinajstić information content (AvgIpc) is 2.08. The van der Waals surface area contributed by atoms with Gasteiger partial charge < -0.3 is 14.9 Å². The smallest absolute Gasteiger partial charge is 0.414 e. The van der Waals surface area contributed by atoms with E-state index in [0.29, 0.717) is 0 Å². The normalized spacial score (nSPS) is 6.36. The van der Waals surface area contributed by atoms with Gasteiger partial charge in [0.1, 0.15) is 0 Å². The van der Waals surface area contributed by atoms with Crippen molar-refractivity contribution in [1.29, 1.82) is 0 Å². The molecule has 14 heavy (non-hydrogen) atoms. The second kappa shape index (κ2) is 13.5. The van der Waals surface area contributed by atoms with Crippen molar-refractivity contribution in [2.75, 3.05) is 0 Å². The zero-order chi connectivity index (χ0) is 12.1. The number of ether oxygens (including phenoxy) is 1. The Morgan fingerprint density at radius 3 is 1.43 bits per heavy atom. The molecule has 0 rings (SSSR count). The number of esters is 1. The zero-order valence-electron chi connectivity index (χ0n) is 7.73. The largest absolute Gasteiger partial charge is 0.473 e. The van der Waals surface area contributed by atoms with Crippen LogP contribution < -0.4 is 0 Å². The van der Waals surface area contributed by atoms with Gasteiger partial charge in [0.2, 0.25) is 0 Å². The first kappa shape index (κ1) is 17.8. The number of carbonyl (C=O) groups is 3. The zero-order valence-corrected chi connectivity index (χ0v) is 7.73. The predicted octanol–water partition coefficient (Wildman–Crippen LogP) is 0.651. The van der Waals surface area contributed by atoms with Crippen LogP contribution in [0, 0.1) is 0 Å². The van der Waals surface area contributed by atoms with Crippen LogP contribution in [0.3, 0.4) is 0 Å². The number of hydrogen-bond donors (Lipinski definition) is 2. The Kier molecular flexibility index (Phi) is 17.2. The van der Waals surface area contributed by atoms with Crippen molar-refractivity contribution in [2.24, 2.45) is 0 Å². The van der Waals surface area contributed by atoms with Gasteiger partial charge in [0.25, 0.3) is 0 Å². The van der Waals surface area contributed by atoms with Crippen molar-refractivity contribution in [3.63, 3.8) is 0 Å². The molecule has 0 radical (unpaired) electrons. The first-order valence-electron chi connectivity index (χ1n) is 3.16. The van der Waals surface area contributed by atoms with Gasteiger partial charge in [-0.3, -0.25) is 4.79 Å². The van der Waals surface area contributed by atoms with E-state index < -0.39 is 11.9 Å². The van der Waals surface area contributed by atoms with E-state index >= 15 is 0 Å². The second-order valence-electron chi connectivity index (χ2n) is 1.39. The lowest BCUT2D eigenvalue weighted by Crippen LogP contribution is -2.09. The summed E-state index contributed by atoms with van der Waals surface area (Å²) in [5, 5.41) is 14.8. The van der Waals surface area contributed by atoms with E-state index in [-0.39, 0.29) is 5.97 Å². The molecule has 0 saturated carbocycles. The lowest BCUT2D eigenvalue weighted by molar-refractivity contribution is -0.159. The molecule has 80 valence electrons. The highest BCUT2D eigenvalue weighted by Gasteiger charge is 2.04. The summed E-state index contributed by atoms with van der Waals surface area (Å²) in [4.78, 5) is 27.9. The van der Waals surface area contributed by atoms with Crippen molar-refractivity contribution in [3.05, 3.63) is 26.0 Å². The molecule has 0 heterocycles. The molecule has 0 fully saturated rings. The molecule has 0 amide bonds. The summed E-state index contributed by atoms with van der Waals surface area (Å²) in [6.45, 7) is 10.5. The minimum Gasteiger partial charge on any atom is -0.473 e. The molecule has 0 atom stereocenters. The van der Waals surface area contributed by atoms with Crippen LogP contribution in [0.2, 0.25) is 0 Å². The van der Waals surface area contributed by atoms with Gasteiger partial charge in [-0.05, 0) is 0 Å². The van der Waals surface area contributed by atoms with Crippen molar-refractivity contribution >= 4 is 17.9 Å². The summed E-state index contributed by atoms with van der Waals surface area (Å²) in [6, 6.07) is 0. The second-order valence-corrected chi connectivity index (χ2v) is 1.39. The Morgan fingerprint density at radius 1 is 1.14 bits per heavy atom. The van der Waals surface area contributed by atoms with Gasteiger partial charge in [-0.1, -0.05) is 6.58 Å².